The topological polar surface area (TPSA) is 100 Å². The number of rotatable bonds is 11. The number of imidazole rings is 1. The van der Waals surface area contributed by atoms with Crippen LogP contribution in [-0.2, 0) is 11.0 Å². The van der Waals surface area contributed by atoms with Gasteiger partial charge in [-0.2, -0.15) is 0 Å². The molecule has 8 heteroatoms. The van der Waals surface area contributed by atoms with Crippen LogP contribution in [0.4, 0.5) is 4.39 Å². The molecule has 0 bridgehead atoms. The summed E-state index contributed by atoms with van der Waals surface area (Å²) in [6.45, 7) is 2.26. The Balaban J connectivity index is 0.000000696. The minimum Gasteiger partial charge on any atom is -0.756 e. The highest BCUT2D eigenvalue weighted by molar-refractivity contribution is 7.43. The molecular formula is C20H32FN2O4P. The average molecular weight is 414 g/mol. The van der Waals surface area contributed by atoms with Crippen molar-refractivity contribution in [1.29, 1.82) is 0 Å². The predicted octanol–water partition coefficient (Wildman–Crippen LogP) is 3.81. The van der Waals surface area contributed by atoms with E-state index in [1.807, 2.05) is 18.3 Å². The second-order valence-corrected chi connectivity index (χ2v) is 7.91. The second-order valence-electron chi connectivity index (χ2n) is 6.92. The summed E-state index contributed by atoms with van der Waals surface area (Å²) in [6, 6.07) is 7.52. The van der Waals surface area contributed by atoms with Gasteiger partial charge in [-0.1, -0.05) is 38.3 Å². The summed E-state index contributed by atoms with van der Waals surface area (Å²) in [4.78, 5) is 26.1. The van der Waals surface area contributed by atoms with Crippen LogP contribution in [-0.4, -0.2) is 14.8 Å². The van der Waals surface area contributed by atoms with Crippen LogP contribution < -0.4 is 9.46 Å². The molecule has 0 saturated carbocycles. The van der Waals surface area contributed by atoms with E-state index < -0.39 is 7.82 Å². The maximum Gasteiger partial charge on any atom is 0.262 e. The van der Waals surface area contributed by atoms with Gasteiger partial charge >= 0.3 is 0 Å². The Morgan fingerprint density at radius 2 is 1.71 bits per heavy atom. The van der Waals surface area contributed by atoms with E-state index >= 15 is 0 Å². The van der Waals surface area contributed by atoms with E-state index in [1.165, 1.54) is 56.9 Å². The van der Waals surface area contributed by atoms with Crippen molar-refractivity contribution in [2.24, 2.45) is 0 Å². The zero-order valence-electron chi connectivity index (χ0n) is 16.5. The normalized spacial score (nSPS) is 12.3. The molecule has 0 amide bonds. The first-order valence-corrected chi connectivity index (χ1v) is 11.4. The highest BCUT2D eigenvalue weighted by Crippen LogP contribution is 2.19. The highest BCUT2D eigenvalue weighted by atomic mass is 31.2. The summed E-state index contributed by atoms with van der Waals surface area (Å²) >= 11 is 0. The standard InChI is InChI=1S/C20H29FN2.H3O4P/c1-2-3-4-5-9-20(23-16-15-22-17-23)10-7-6-8-18-11-13-19(21)14-12-18;1-5(2,3)4/h11-17,20H,2-10H2,1H3;(H3,1,2,3,4). The Labute approximate surface area is 166 Å². The molecule has 1 unspecified atom stereocenters. The number of nitrogens with one attached hydrogen (secondary N) is 1. The van der Waals surface area contributed by atoms with Crippen molar-refractivity contribution in [3.8, 4) is 0 Å². The van der Waals surface area contributed by atoms with Gasteiger partial charge in [-0.25, -0.2) is 8.96 Å². The van der Waals surface area contributed by atoms with Crippen LogP contribution in [0, 0.1) is 5.82 Å². The first-order chi connectivity index (χ1) is 13.3. The number of unbranched alkanes of at least 4 members (excludes halogenated alkanes) is 4. The molecule has 158 valence electrons. The molecule has 1 atom stereocenters. The first kappa shape index (κ1) is 24.5. The Kier molecular flexibility index (Phi) is 11.9. The summed E-state index contributed by atoms with van der Waals surface area (Å²) in [5.41, 5.74) is 1.24. The van der Waals surface area contributed by atoms with Crippen LogP contribution in [0.15, 0.2) is 43.0 Å². The van der Waals surface area contributed by atoms with Crippen molar-refractivity contribution in [3.05, 3.63) is 54.4 Å². The summed E-state index contributed by atoms with van der Waals surface area (Å²) in [5.74, 6) is -0.148. The van der Waals surface area contributed by atoms with Crippen molar-refractivity contribution in [2.45, 2.75) is 70.8 Å². The number of aromatic amines is 1. The Morgan fingerprint density at radius 3 is 2.25 bits per heavy atom. The molecule has 6 nitrogen and oxygen atoms in total. The van der Waals surface area contributed by atoms with Crippen LogP contribution in [0.3, 0.4) is 0 Å². The van der Waals surface area contributed by atoms with E-state index in [9.17, 15) is 4.39 Å². The third kappa shape index (κ3) is 12.8. The molecule has 28 heavy (non-hydrogen) atoms. The molecule has 0 fully saturated rings. The Bertz CT molecular complexity index is 666. The quantitative estimate of drug-likeness (QED) is 0.296. The van der Waals surface area contributed by atoms with Crippen molar-refractivity contribution in [2.75, 3.05) is 0 Å². The number of hydrogen-bond donors (Lipinski definition) is 3. The lowest BCUT2D eigenvalue weighted by molar-refractivity contribution is -0.723. The lowest BCUT2D eigenvalue weighted by atomic mass is 10.00. The molecule has 0 aliphatic carbocycles. The van der Waals surface area contributed by atoms with Crippen LogP contribution >= 0.6 is 7.82 Å². The molecule has 2 rings (SSSR count). The van der Waals surface area contributed by atoms with E-state index in [0.29, 0.717) is 6.04 Å². The SMILES string of the molecule is CCCCCCC(CCCCc1ccc(F)cc1)[n+]1cc[nH]c1.O=P([O-])(O)O. The van der Waals surface area contributed by atoms with Gasteiger partial charge in [0.05, 0.1) is 0 Å². The van der Waals surface area contributed by atoms with Crippen molar-refractivity contribution in [1.82, 2.24) is 4.98 Å². The van der Waals surface area contributed by atoms with Gasteiger partial charge in [0.25, 0.3) is 7.82 Å². The van der Waals surface area contributed by atoms with Gasteiger partial charge in [-0.05, 0) is 56.2 Å². The number of phosphoric acid groups is 1. The summed E-state index contributed by atoms with van der Waals surface area (Å²) < 4.78 is 24.0. The van der Waals surface area contributed by atoms with Crippen LogP contribution in [0.1, 0.15) is 69.9 Å². The van der Waals surface area contributed by atoms with Crippen molar-refractivity contribution in [3.63, 3.8) is 0 Å². The number of nitrogens with zero attached hydrogens (tertiary/aromatic N) is 1. The fraction of sp³-hybridized carbons (Fsp3) is 0.550. The molecule has 0 spiro atoms. The van der Waals surface area contributed by atoms with Gasteiger partial charge in [0, 0.05) is 0 Å². The largest absolute Gasteiger partial charge is 0.756 e. The zero-order valence-corrected chi connectivity index (χ0v) is 17.4. The van der Waals surface area contributed by atoms with Crippen LogP contribution in [0.2, 0.25) is 0 Å². The molecule has 0 saturated heterocycles. The third-order valence-electron chi connectivity index (χ3n) is 4.55. The van der Waals surface area contributed by atoms with E-state index in [1.54, 1.807) is 12.1 Å². The highest BCUT2D eigenvalue weighted by Gasteiger charge is 2.14. The van der Waals surface area contributed by atoms with E-state index in [-0.39, 0.29) is 5.82 Å². The fourth-order valence-corrected chi connectivity index (χ4v) is 3.14. The number of hydrogen-bond acceptors (Lipinski definition) is 2. The number of halogens is 1. The monoisotopic (exact) mass is 414 g/mol. The van der Waals surface area contributed by atoms with Gasteiger partial charge in [0.1, 0.15) is 24.3 Å². The molecule has 0 aliphatic heterocycles. The lowest BCUT2D eigenvalue weighted by Crippen LogP contribution is -2.37. The van der Waals surface area contributed by atoms with E-state index in [0.717, 1.165) is 6.42 Å². The number of benzene rings is 1. The van der Waals surface area contributed by atoms with Gasteiger partial charge < -0.3 is 14.7 Å². The number of aryl methyl sites for hydroxylation is 1. The van der Waals surface area contributed by atoms with E-state index in [2.05, 4.69) is 29.0 Å². The summed E-state index contributed by atoms with van der Waals surface area (Å²) in [7, 11) is -4.89. The van der Waals surface area contributed by atoms with Crippen molar-refractivity contribution < 1.29 is 28.2 Å². The van der Waals surface area contributed by atoms with Gasteiger partial charge in [0.15, 0.2) is 0 Å². The Hall–Kier alpha value is -1.53. The fourth-order valence-electron chi connectivity index (χ4n) is 3.14. The minimum atomic E-state index is -4.89. The molecule has 1 aromatic carbocycles. The van der Waals surface area contributed by atoms with Crippen LogP contribution in [0.25, 0.3) is 0 Å². The van der Waals surface area contributed by atoms with E-state index in [4.69, 9.17) is 19.2 Å². The zero-order chi connectivity index (χ0) is 20.8. The maximum absolute atomic E-state index is 12.9. The summed E-state index contributed by atoms with van der Waals surface area (Å²) in [6.07, 6.45) is 17.4. The van der Waals surface area contributed by atoms with Gasteiger partial charge in [-0.3, -0.25) is 9.55 Å². The third-order valence-corrected chi connectivity index (χ3v) is 4.55. The molecule has 3 N–H and O–H groups in total. The smallest absolute Gasteiger partial charge is 0.262 e. The minimum absolute atomic E-state index is 0.148. The van der Waals surface area contributed by atoms with Gasteiger partial charge in [-0.15, -0.1) is 0 Å². The predicted molar refractivity (Wildman–Crippen MR) is 105 cm³/mol. The second kappa shape index (κ2) is 13.6. The molecule has 2 aromatic rings. The molecule has 1 aromatic heterocycles. The lowest BCUT2D eigenvalue weighted by Gasteiger charge is -2.14. The first-order valence-electron chi connectivity index (χ1n) is 9.84. The maximum atomic E-state index is 12.9. The molecular weight excluding hydrogens is 382 g/mol. The summed E-state index contributed by atoms with van der Waals surface area (Å²) in [5, 5.41) is 0. The van der Waals surface area contributed by atoms with Gasteiger partial charge in [0.2, 0.25) is 6.33 Å². The Morgan fingerprint density at radius 1 is 1.11 bits per heavy atom. The molecule has 0 radical (unpaired) electrons. The molecule has 1 heterocycles. The van der Waals surface area contributed by atoms with Crippen LogP contribution in [0.5, 0.6) is 0 Å². The number of H-pyrrole nitrogens is 1. The number of aromatic nitrogens is 2. The molecule has 0 aliphatic rings. The van der Waals surface area contributed by atoms with Crippen molar-refractivity contribution >= 4 is 7.82 Å². The average Bonchev–Trinajstić information content (AvgIpc) is 3.15.